The third kappa shape index (κ3) is 3.79. The minimum absolute atomic E-state index is 0.328. The molecule has 0 saturated heterocycles. The molecule has 3 nitrogen and oxygen atoms in total. The topological polar surface area (TPSA) is 31.2 Å². The van der Waals surface area contributed by atoms with Crippen LogP contribution in [0.1, 0.15) is 26.3 Å². The van der Waals surface area contributed by atoms with Crippen molar-refractivity contribution in [2.45, 2.75) is 33.3 Å². The number of carbonyl (C=O) groups excluding carboxylic acids is 1. The fourth-order valence-electron chi connectivity index (χ4n) is 1.94. The van der Waals surface area contributed by atoms with Crippen LogP contribution in [0.4, 0.5) is 9.18 Å². The fraction of sp³-hybridized carbons (Fsp3) is 0.312. The van der Waals surface area contributed by atoms with Crippen LogP contribution < -0.4 is 0 Å². The van der Waals surface area contributed by atoms with E-state index in [2.05, 4.69) is 31.9 Å². The van der Waals surface area contributed by atoms with Crippen LogP contribution in [0.3, 0.4) is 0 Å². The summed E-state index contributed by atoms with van der Waals surface area (Å²) in [6.07, 6.45) is 1.01. The molecule has 0 fully saturated rings. The Bertz CT molecular complexity index is 732. The Balaban J connectivity index is 2.54. The molecule has 0 bridgehead atoms. The average Bonchev–Trinajstić information content (AvgIpc) is 2.74. The molecule has 1 aromatic heterocycles. The highest BCUT2D eigenvalue weighted by molar-refractivity contribution is 9.10. The molecule has 0 radical (unpaired) electrons. The Morgan fingerprint density at radius 2 is 1.86 bits per heavy atom. The van der Waals surface area contributed by atoms with E-state index in [4.69, 9.17) is 4.74 Å². The van der Waals surface area contributed by atoms with Gasteiger partial charge in [0.2, 0.25) is 0 Å². The number of carbonyl (C=O) groups is 1. The fourth-order valence-corrected chi connectivity index (χ4v) is 2.71. The van der Waals surface area contributed by atoms with Crippen molar-refractivity contribution in [3.05, 3.63) is 44.7 Å². The molecule has 0 aliphatic carbocycles. The Morgan fingerprint density at radius 3 is 2.45 bits per heavy atom. The highest BCUT2D eigenvalue weighted by Crippen LogP contribution is 2.32. The second kappa shape index (κ2) is 6.16. The lowest BCUT2D eigenvalue weighted by molar-refractivity contribution is 0.0540. The standard InChI is InChI=1S/C16H16Br2FNO2/c1-9-5-13(19)11(7-12(9)18)14-6-10(17)8-20(14)15(21)22-16(2,3)4/h5-8H,1-4H3. The number of aryl methyl sites for hydroxylation is 1. The zero-order valence-electron chi connectivity index (χ0n) is 12.7. The van der Waals surface area contributed by atoms with E-state index < -0.39 is 17.5 Å². The first kappa shape index (κ1) is 17.2. The maximum absolute atomic E-state index is 14.3. The molecule has 1 aromatic carbocycles. The van der Waals surface area contributed by atoms with Gasteiger partial charge in [-0.2, -0.15) is 0 Å². The molecule has 2 aromatic rings. The van der Waals surface area contributed by atoms with Gasteiger partial charge < -0.3 is 4.74 Å². The number of benzene rings is 1. The van der Waals surface area contributed by atoms with Crippen molar-refractivity contribution in [1.29, 1.82) is 0 Å². The summed E-state index contributed by atoms with van der Waals surface area (Å²) in [4.78, 5) is 12.3. The number of rotatable bonds is 1. The third-order valence-corrected chi connectivity index (χ3v) is 4.19. The van der Waals surface area contributed by atoms with Gasteiger partial charge in [-0.3, -0.25) is 4.57 Å². The average molecular weight is 433 g/mol. The van der Waals surface area contributed by atoms with Gasteiger partial charge >= 0.3 is 6.09 Å². The van der Waals surface area contributed by atoms with E-state index in [0.717, 1.165) is 10.0 Å². The number of nitrogens with zero attached hydrogens (tertiary/aromatic N) is 1. The molecular weight excluding hydrogens is 417 g/mol. The van der Waals surface area contributed by atoms with Crippen molar-refractivity contribution in [3.63, 3.8) is 0 Å². The molecule has 0 N–H and O–H groups in total. The number of hydrogen-bond donors (Lipinski definition) is 0. The second-order valence-corrected chi connectivity index (χ2v) is 7.75. The molecule has 0 aliphatic rings. The summed E-state index contributed by atoms with van der Waals surface area (Å²) < 4.78 is 22.4. The smallest absolute Gasteiger partial charge is 0.419 e. The SMILES string of the molecule is Cc1cc(F)c(-c2cc(Br)cn2C(=O)OC(C)(C)C)cc1Br. The van der Waals surface area contributed by atoms with Crippen LogP contribution in [0.15, 0.2) is 33.3 Å². The van der Waals surface area contributed by atoms with Crippen molar-refractivity contribution in [3.8, 4) is 11.3 Å². The van der Waals surface area contributed by atoms with Gasteiger partial charge in [-0.05, 0) is 67.4 Å². The van der Waals surface area contributed by atoms with Crippen LogP contribution in [0.5, 0.6) is 0 Å². The minimum Gasteiger partial charge on any atom is -0.443 e. The molecule has 0 unspecified atom stereocenters. The molecule has 22 heavy (non-hydrogen) atoms. The Labute approximate surface area is 145 Å². The molecule has 0 spiro atoms. The summed E-state index contributed by atoms with van der Waals surface area (Å²) in [5, 5.41) is 0. The summed E-state index contributed by atoms with van der Waals surface area (Å²) >= 11 is 6.71. The number of aromatic nitrogens is 1. The van der Waals surface area contributed by atoms with E-state index in [-0.39, 0.29) is 0 Å². The summed E-state index contributed by atoms with van der Waals surface area (Å²) in [6.45, 7) is 7.16. The molecule has 1 heterocycles. The zero-order valence-corrected chi connectivity index (χ0v) is 15.9. The zero-order chi connectivity index (χ0) is 16.7. The third-order valence-electron chi connectivity index (χ3n) is 2.90. The highest BCUT2D eigenvalue weighted by atomic mass is 79.9. The maximum Gasteiger partial charge on any atom is 0.419 e. The van der Waals surface area contributed by atoms with Gasteiger partial charge in [0.05, 0.1) is 5.69 Å². The highest BCUT2D eigenvalue weighted by Gasteiger charge is 2.22. The van der Waals surface area contributed by atoms with Crippen molar-refractivity contribution in [2.75, 3.05) is 0 Å². The molecule has 0 amide bonds. The molecular formula is C16H16Br2FNO2. The predicted octanol–water partition coefficient (Wildman–Crippen LogP) is 5.91. The van der Waals surface area contributed by atoms with Crippen LogP contribution in [-0.2, 0) is 4.74 Å². The van der Waals surface area contributed by atoms with E-state index in [0.29, 0.717) is 15.7 Å². The first-order valence-corrected chi connectivity index (χ1v) is 8.24. The summed E-state index contributed by atoms with van der Waals surface area (Å²) in [5.41, 5.74) is 0.918. The van der Waals surface area contributed by atoms with E-state index >= 15 is 0 Å². The van der Waals surface area contributed by atoms with Gasteiger partial charge in [-0.25, -0.2) is 9.18 Å². The van der Waals surface area contributed by atoms with Crippen LogP contribution >= 0.6 is 31.9 Å². The van der Waals surface area contributed by atoms with Gasteiger partial charge in [-0.1, -0.05) is 15.9 Å². The lowest BCUT2D eigenvalue weighted by atomic mass is 10.1. The van der Waals surface area contributed by atoms with Crippen LogP contribution in [0.2, 0.25) is 0 Å². The van der Waals surface area contributed by atoms with E-state index in [1.807, 2.05) is 0 Å². The minimum atomic E-state index is -0.627. The molecule has 0 aliphatic heterocycles. The summed E-state index contributed by atoms with van der Waals surface area (Å²) in [5.74, 6) is -0.392. The monoisotopic (exact) mass is 431 g/mol. The van der Waals surface area contributed by atoms with Crippen molar-refractivity contribution in [1.82, 2.24) is 4.57 Å². The molecule has 2 rings (SSSR count). The van der Waals surface area contributed by atoms with Gasteiger partial charge in [0, 0.05) is 20.7 Å². The largest absolute Gasteiger partial charge is 0.443 e. The first-order chi connectivity index (χ1) is 10.1. The van der Waals surface area contributed by atoms with Crippen LogP contribution in [0.25, 0.3) is 11.3 Å². The summed E-state index contributed by atoms with van der Waals surface area (Å²) in [7, 11) is 0. The Kier molecular flexibility index (Phi) is 4.82. The van der Waals surface area contributed by atoms with Gasteiger partial charge in [-0.15, -0.1) is 0 Å². The number of halogens is 3. The quantitative estimate of drug-likeness (QED) is 0.560. The maximum atomic E-state index is 14.3. The molecule has 0 saturated carbocycles. The van der Waals surface area contributed by atoms with Crippen LogP contribution in [-0.4, -0.2) is 16.3 Å². The Hall–Kier alpha value is -1.14. The molecule has 118 valence electrons. The van der Waals surface area contributed by atoms with Crippen LogP contribution in [0, 0.1) is 12.7 Å². The van der Waals surface area contributed by atoms with E-state index in [1.54, 1.807) is 46.0 Å². The number of hydrogen-bond acceptors (Lipinski definition) is 2. The van der Waals surface area contributed by atoms with Crippen molar-refractivity contribution < 1.29 is 13.9 Å². The van der Waals surface area contributed by atoms with E-state index in [9.17, 15) is 9.18 Å². The normalized spacial score (nSPS) is 11.6. The second-order valence-electron chi connectivity index (χ2n) is 5.98. The van der Waals surface area contributed by atoms with Crippen molar-refractivity contribution in [2.24, 2.45) is 0 Å². The first-order valence-electron chi connectivity index (χ1n) is 6.66. The lowest BCUT2D eigenvalue weighted by Crippen LogP contribution is -2.27. The van der Waals surface area contributed by atoms with Gasteiger partial charge in [0.25, 0.3) is 0 Å². The van der Waals surface area contributed by atoms with Crippen molar-refractivity contribution >= 4 is 38.0 Å². The predicted molar refractivity (Wildman–Crippen MR) is 91.6 cm³/mol. The van der Waals surface area contributed by atoms with E-state index in [1.165, 1.54) is 10.6 Å². The van der Waals surface area contributed by atoms with Gasteiger partial charge in [0.15, 0.2) is 0 Å². The molecule has 0 atom stereocenters. The number of ether oxygens (including phenoxy) is 1. The van der Waals surface area contributed by atoms with Gasteiger partial charge in [0.1, 0.15) is 11.4 Å². The molecule has 6 heteroatoms. The summed E-state index contributed by atoms with van der Waals surface area (Å²) in [6, 6.07) is 4.77. The Morgan fingerprint density at radius 1 is 1.23 bits per heavy atom. The lowest BCUT2D eigenvalue weighted by Gasteiger charge is -2.20.